The molecule has 2 atom stereocenters. The van der Waals surface area contributed by atoms with E-state index in [-0.39, 0.29) is 42.7 Å². The van der Waals surface area contributed by atoms with Crippen molar-refractivity contribution in [1.29, 1.82) is 0 Å². The van der Waals surface area contributed by atoms with Crippen LogP contribution in [0.15, 0.2) is 22.6 Å². The SMILES string of the molecule is Cc1nc2ccc(NC(=O)C3CCCC(N)C3)cc2o1.Cl.Cl. The number of nitrogens with one attached hydrogen (secondary N) is 1. The first kappa shape index (κ1) is 18.7. The number of carbonyl (C=O) groups excluding carboxylic acids is 1. The summed E-state index contributed by atoms with van der Waals surface area (Å²) < 4.78 is 5.47. The van der Waals surface area contributed by atoms with Gasteiger partial charge >= 0.3 is 0 Å². The van der Waals surface area contributed by atoms with Gasteiger partial charge in [0.05, 0.1) is 0 Å². The summed E-state index contributed by atoms with van der Waals surface area (Å²) in [5, 5.41) is 2.95. The number of hydrogen-bond acceptors (Lipinski definition) is 4. The van der Waals surface area contributed by atoms with E-state index in [2.05, 4.69) is 10.3 Å². The summed E-state index contributed by atoms with van der Waals surface area (Å²) in [5.74, 6) is 0.698. The van der Waals surface area contributed by atoms with Crippen LogP contribution in [0.2, 0.25) is 0 Å². The highest BCUT2D eigenvalue weighted by atomic mass is 35.5. The molecule has 1 aromatic carbocycles. The number of nitrogens with zero attached hydrogens (tertiary/aromatic N) is 1. The Balaban J connectivity index is 0.00000121. The number of oxazole rings is 1. The van der Waals surface area contributed by atoms with E-state index in [0.29, 0.717) is 11.5 Å². The van der Waals surface area contributed by atoms with E-state index in [1.807, 2.05) is 25.1 Å². The van der Waals surface area contributed by atoms with Gasteiger partial charge in [-0.2, -0.15) is 0 Å². The van der Waals surface area contributed by atoms with Crippen molar-refractivity contribution in [2.45, 2.75) is 38.6 Å². The molecule has 0 aliphatic heterocycles. The molecule has 1 aliphatic rings. The van der Waals surface area contributed by atoms with Crippen LogP contribution in [-0.2, 0) is 4.79 Å². The molecule has 2 aromatic rings. The predicted molar refractivity (Wildman–Crippen MR) is 91.8 cm³/mol. The number of nitrogens with two attached hydrogens (primary N) is 1. The number of rotatable bonds is 2. The Hall–Kier alpha value is -1.30. The number of aryl methyl sites for hydroxylation is 1. The second kappa shape index (κ2) is 7.81. The van der Waals surface area contributed by atoms with E-state index < -0.39 is 0 Å². The van der Waals surface area contributed by atoms with Crippen LogP contribution >= 0.6 is 24.8 Å². The van der Waals surface area contributed by atoms with E-state index >= 15 is 0 Å². The van der Waals surface area contributed by atoms with Crippen molar-refractivity contribution < 1.29 is 9.21 Å². The third-order valence-corrected chi connectivity index (χ3v) is 3.85. The normalized spacial score (nSPS) is 20.8. The molecule has 2 unspecified atom stereocenters. The number of aromatic nitrogens is 1. The number of halogens is 2. The fourth-order valence-corrected chi connectivity index (χ4v) is 2.83. The third kappa shape index (κ3) is 4.12. The number of hydrogen-bond donors (Lipinski definition) is 2. The lowest BCUT2D eigenvalue weighted by Gasteiger charge is -2.25. The zero-order chi connectivity index (χ0) is 14.1. The van der Waals surface area contributed by atoms with E-state index in [4.69, 9.17) is 10.2 Å². The first-order valence-corrected chi connectivity index (χ1v) is 7.05. The summed E-state index contributed by atoms with van der Waals surface area (Å²) >= 11 is 0. The minimum Gasteiger partial charge on any atom is -0.441 e. The van der Waals surface area contributed by atoms with Gasteiger partial charge in [-0.15, -0.1) is 24.8 Å². The number of benzene rings is 1. The van der Waals surface area contributed by atoms with Gasteiger partial charge in [-0.25, -0.2) is 4.98 Å². The smallest absolute Gasteiger partial charge is 0.227 e. The van der Waals surface area contributed by atoms with Crippen molar-refractivity contribution in [3.63, 3.8) is 0 Å². The predicted octanol–water partition coefficient (Wildman–Crippen LogP) is 3.44. The molecule has 3 rings (SSSR count). The summed E-state index contributed by atoms with van der Waals surface area (Å²) in [7, 11) is 0. The highest BCUT2D eigenvalue weighted by Gasteiger charge is 2.25. The van der Waals surface area contributed by atoms with Crippen LogP contribution in [0.5, 0.6) is 0 Å². The maximum Gasteiger partial charge on any atom is 0.227 e. The minimum absolute atomic E-state index is 0. The number of fused-ring (bicyclic) bond motifs is 1. The van der Waals surface area contributed by atoms with Crippen LogP contribution < -0.4 is 11.1 Å². The average Bonchev–Trinajstić information content (AvgIpc) is 2.78. The van der Waals surface area contributed by atoms with Crippen molar-refractivity contribution in [2.75, 3.05) is 5.32 Å². The molecule has 0 saturated heterocycles. The van der Waals surface area contributed by atoms with E-state index in [1.165, 1.54) is 0 Å². The molecule has 1 heterocycles. The second-order valence-corrected chi connectivity index (χ2v) is 5.53. The van der Waals surface area contributed by atoms with E-state index in [1.54, 1.807) is 0 Å². The largest absolute Gasteiger partial charge is 0.441 e. The van der Waals surface area contributed by atoms with E-state index in [0.717, 1.165) is 36.9 Å². The first-order chi connectivity index (χ1) is 9.61. The molecule has 0 spiro atoms. The Morgan fingerprint density at radius 1 is 1.36 bits per heavy atom. The lowest BCUT2D eigenvalue weighted by atomic mass is 9.85. The van der Waals surface area contributed by atoms with Gasteiger partial charge in [-0.05, 0) is 31.4 Å². The molecular weight excluding hydrogens is 325 g/mol. The highest BCUT2D eigenvalue weighted by molar-refractivity contribution is 5.94. The van der Waals surface area contributed by atoms with Gasteiger partial charge in [0.25, 0.3) is 0 Å². The molecule has 1 fully saturated rings. The lowest BCUT2D eigenvalue weighted by Crippen LogP contribution is -2.34. The number of carbonyl (C=O) groups is 1. The molecule has 5 nitrogen and oxygen atoms in total. The van der Waals surface area contributed by atoms with Gasteiger partial charge in [-0.1, -0.05) is 6.42 Å². The molecule has 1 aromatic heterocycles. The zero-order valence-corrected chi connectivity index (χ0v) is 14.0. The number of amides is 1. The average molecular weight is 346 g/mol. The first-order valence-electron chi connectivity index (χ1n) is 7.05. The number of anilines is 1. The van der Waals surface area contributed by atoms with Gasteiger partial charge in [-0.3, -0.25) is 4.79 Å². The topological polar surface area (TPSA) is 81.2 Å². The molecule has 7 heteroatoms. The molecule has 1 aliphatic carbocycles. The summed E-state index contributed by atoms with van der Waals surface area (Å²) in [6.45, 7) is 1.81. The minimum atomic E-state index is 0. The van der Waals surface area contributed by atoms with Crippen LogP contribution in [0.25, 0.3) is 11.1 Å². The molecule has 1 saturated carbocycles. The van der Waals surface area contributed by atoms with Crippen LogP contribution in [0.4, 0.5) is 5.69 Å². The van der Waals surface area contributed by atoms with Gasteiger partial charge in [0.1, 0.15) is 5.52 Å². The Bertz CT molecular complexity index is 645. The molecule has 3 N–H and O–H groups in total. The van der Waals surface area contributed by atoms with Crippen molar-refractivity contribution >= 4 is 47.5 Å². The second-order valence-electron chi connectivity index (χ2n) is 5.53. The maximum atomic E-state index is 12.2. The fourth-order valence-electron chi connectivity index (χ4n) is 2.83. The quantitative estimate of drug-likeness (QED) is 0.873. The molecule has 0 bridgehead atoms. The summed E-state index contributed by atoms with van der Waals surface area (Å²) in [5.41, 5.74) is 8.18. The van der Waals surface area contributed by atoms with Gasteiger partial charge in [0.2, 0.25) is 5.91 Å². The third-order valence-electron chi connectivity index (χ3n) is 3.85. The van der Waals surface area contributed by atoms with Crippen molar-refractivity contribution in [1.82, 2.24) is 4.98 Å². The van der Waals surface area contributed by atoms with E-state index in [9.17, 15) is 4.79 Å². The van der Waals surface area contributed by atoms with Crippen molar-refractivity contribution in [3.05, 3.63) is 24.1 Å². The standard InChI is InChI=1S/C15H19N3O2.2ClH/c1-9-17-13-6-5-12(8-14(13)20-9)18-15(19)10-3-2-4-11(16)7-10;;/h5-6,8,10-11H,2-4,7,16H2,1H3,(H,18,19);2*1H. The van der Waals surface area contributed by atoms with Crippen molar-refractivity contribution in [3.8, 4) is 0 Å². The van der Waals surface area contributed by atoms with Crippen LogP contribution in [0.1, 0.15) is 31.6 Å². The lowest BCUT2D eigenvalue weighted by molar-refractivity contribution is -0.120. The monoisotopic (exact) mass is 345 g/mol. The molecule has 1 amide bonds. The summed E-state index contributed by atoms with van der Waals surface area (Å²) in [4.78, 5) is 16.5. The maximum absolute atomic E-state index is 12.2. The summed E-state index contributed by atoms with van der Waals surface area (Å²) in [6.07, 6.45) is 3.74. The van der Waals surface area contributed by atoms with Crippen molar-refractivity contribution in [2.24, 2.45) is 11.7 Å². The molecule has 122 valence electrons. The van der Waals surface area contributed by atoms with Gasteiger partial charge < -0.3 is 15.5 Å². The Morgan fingerprint density at radius 2 is 2.14 bits per heavy atom. The molecule has 22 heavy (non-hydrogen) atoms. The summed E-state index contributed by atoms with van der Waals surface area (Å²) in [6, 6.07) is 5.67. The van der Waals surface area contributed by atoms with Crippen LogP contribution in [-0.4, -0.2) is 16.9 Å². The zero-order valence-electron chi connectivity index (χ0n) is 12.4. The fraction of sp³-hybridized carbons (Fsp3) is 0.467. The Morgan fingerprint density at radius 3 is 2.86 bits per heavy atom. The van der Waals surface area contributed by atoms with Crippen LogP contribution in [0, 0.1) is 12.8 Å². The molecule has 0 radical (unpaired) electrons. The van der Waals surface area contributed by atoms with Gasteiger partial charge in [0.15, 0.2) is 11.5 Å². The Labute approximate surface area is 141 Å². The van der Waals surface area contributed by atoms with Crippen LogP contribution in [0.3, 0.4) is 0 Å². The molecular formula is C15H21Cl2N3O2. The van der Waals surface area contributed by atoms with Gasteiger partial charge in [0, 0.05) is 30.6 Å². The Kier molecular flexibility index (Phi) is 6.66. The highest BCUT2D eigenvalue weighted by Crippen LogP contribution is 2.25.